The zero-order chi connectivity index (χ0) is 40.9. The SMILES string of the molecule is C/C=C\C(C)=C(/CC)c1c(C)c(-c2cccc3c2[nH]c2ccc4ccccc4c23)c2c3c1C=CC/C(c1ccccc1)=C\C(=C/C)c1cc(-c4ccccc4)cc(c1N3)B2. The van der Waals surface area contributed by atoms with Gasteiger partial charge in [0.1, 0.15) is 0 Å². The molecule has 0 saturated heterocycles. The quantitative estimate of drug-likeness (QED) is 0.128. The molecule has 0 aliphatic carbocycles. The average molecular weight is 773 g/mol. The summed E-state index contributed by atoms with van der Waals surface area (Å²) in [7, 11) is 0.799. The number of anilines is 2. The molecule has 0 atom stereocenters. The summed E-state index contributed by atoms with van der Waals surface area (Å²) < 4.78 is 0. The number of aromatic nitrogens is 1. The maximum atomic E-state index is 4.23. The van der Waals surface area contributed by atoms with E-state index in [1.807, 2.05) is 0 Å². The molecule has 2 bridgehead atoms. The molecule has 2 N–H and O–H groups in total. The normalized spacial score (nSPS) is 15.5. The van der Waals surface area contributed by atoms with Crippen LogP contribution in [0.2, 0.25) is 0 Å². The molecule has 0 fully saturated rings. The number of hydrogen-bond acceptors (Lipinski definition) is 1. The summed E-state index contributed by atoms with van der Waals surface area (Å²) in [5, 5.41) is 9.31. The molecule has 7 aromatic carbocycles. The molecule has 10 rings (SSSR count). The van der Waals surface area contributed by atoms with E-state index in [0.717, 1.165) is 20.1 Å². The van der Waals surface area contributed by atoms with E-state index in [2.05, 4.69) is 209 Å². The van der Waals surface area contributed by atoms with Crippen molar-refractivity contribution in [3.63, 3.8) is 0 Å². The van der Waals surface area contributed by atoms with Crippen LogP contribution in [0.25, 0.3) is 77.6 Å². The minimum Gasteiger partial charge on any atom is -0.355 e. The Labute approximate surface area is 354 Å². The van der Waals surface area contributed by atoms with Gasteiger partial charge in [-0.3, -0.25) is 0 Å². The van der Waals surface area contributed by atoms with E-state index in [9.17, 15) is 0 Å². The van der Waals surface area contributed by atoms with Crippen LogP contribution in [0.4, 0.5) is 11.4 Å². The molecule has 60 heavy (non-hydrogen) atoms. The molecule has 2 aliphatic rings. The van der Waals surface area contributed by atoms with Crippen LogP contribution in [0.1, 0.15) is 68.4 Å². The lowest BCUT2D eigenvalue weighted by atomic mass is 9.56. The first kappa shape index (κ1) is 37.4. The molecule has 2 aliphatic heterocycles. The van der Waals surface area contributed by atoms with Gasteiger partial charge in [-0.05, 0) is 125 Å². The third-order valence-electron chi connectivity index (χ3n) is 12.9. The Hall–Kier alpha value is -6.84. The number of allylic oxidation sites excluding steroid dienone is 9. The van der Waals surface area contributed by atoms with Gasteiger partial charge in [-0.1, -0.05) is 164 Å². The number of rotatable bonds is 6. The van der Waals surface area contributed by atoms with Gasteiger partial charge in [-0.15, -0.1) is 0 Å². The highest BCUT2D eigenvalue weighted by Crippen LogP contribution is 2.45. The van der Waals surface area contributed by atoms with Gasteiger partial charge < -0.3 is 10.3 Å². The summed E-state index contributed by atoms with van der Waals surface area (Å²) in [5.74, 6) is 0. The van der Waals surface area contributed by atoms with Crippen molar-refractivity contribution in [2.45, 2.75) is 47.5 Å². The van der Waals surface area contributed by atoms with Gasteiger partial charge in [0.2, 0.25) is 0 Å². The van der Waals surface area contributed by atoms with Crippen LogP contribution in [0.5, 0.6) is 0 Å². The summed E-state index contributed by atoms with van der Waals surface area (Å²) in [6.45, 7) is 11.3. The van der Waals surface area contributed by atoms with E-state index in [4.69, 9.17) is 0 Å². The first-order valence-electron chi connectivity index (χ1n) is 21.5. The topological polar surface area (TPSA) is 27.8 Å². The third kappa shape index (κ3) is 6.20. The predicted octanol–water partition coefficient (Wildman–Crippen LogP) is 14.2. The average Bonchev–Trinajstić information content (AvgIpc) is 3.67. The smallest absolute Gasteiger partial charge is 0.198 e. The van der Waals surface area contributed by atoms with E-state index in [-0.39, 0.29) is 0 Å². The van der Waals surface area contributed by atoms with E-state index < -0.39 is 0 Å². The van der Waals surface area contributed by atoms with Crippen molar-refractivity contribution in [1.82, 2.24) is 4.98 Å². The molecule has 3 heterocycles. The Kier molecular flexibility index (Phi) is 9.61. The monoisotopic (exact) mass is 772 g/mol. The molecular formula is C57H49BN2. The fourth-order valence-electron chi connectivity index (χ4n) is 10.2. The Morgan fingerprint density at radius 1 is 0.750 bits per heavy atom. The number of fused-ring (bicyclic) bond motifs is 5. The van der Waals surface area contributed by atoms with Gasteiger partial charge in [0.05, 0.1) is 5.52 Å². The van der Waals surface area contributed by atoms with Gasteiger partial charge in [-0.2, -0.15) is 0 Å². The molecule has 0 saturated carbocycles. The van der Waals surface area contributed by atoms with Crippen LogP contribution < -0.4 is 16.2 Å². The highest BCUT2D eigenvalue weighted by Gasteiger charge is 2.31. The van der Waals surface area contributed by atoms with Gasteiger partial charge in [0, 0.05) is 44.4 Å². The molecule has 8 aromatic rings. The lowest BCUT2D eigenvalue weighted by molar-refractivity contribution is 1.20. The number of aromatic amines is 1. The zero-order valence-corrected chi connectivity index (χ0v) is 35.2. The lowest BCUT2D eigenvalue weighted by Crippen LogP contribution is -2.39. The molecule has 0 spiro atoms. The molecular weight excluding hydrogens is 723 g/mol. The van der Waals surface area contributed by atoms with E-state index in [1.54, 1.807) is 0 Å². The molecule has 3 heteroatoms. The van der Waals surface area contributed by atoms with E-state index in [0.29, 0.717) is 0 Å². The lowest BCUT2D eigenvalue weighted by Gasteiger charge is -2.32. The van der Waals surface area contributed by atoms with Crippen molar-refractivity contribution in [1.29, 1.82) is 0 Å². The highest BCUT2D eigenvalue weighted by molar-refractivity contribution is 6.73. The van der Waals surface area contributed by atoms with Crippen LogP contribution in [-0.2, 0) is 0 Å². The minimum absolute atomic E-state index is 0.799. The molecule has 0 unspecified atom stereocenters. The Bertz CT molecular complexity index is 3170. The van der Waals surface area contributed by atoms with Crippen LogP contribution in [0.3, 0.4) is 0 Å². The van der Waals surface area contributed by atoms with Gasteiger partial charge in [0.25, 0.3) is 0 Å². The number of benzene rings is 7. The molecule has 2 nitrogen and oxygen atoms in total. The maximum Gasteiger partial charge on any atom is 0.198 e. The van der Waals surface area contributed by atoms with Gasteiger partial charge in [-0.25, -0.2) is 0 Å². The predicted molar refractivity (Wildman–Crippen MR) is 264 cm³/mol. The van der Waals surface area contributed by atoms with Crippen molar-refractivity contribution in [2.24, 2.45) is 0 Å². The number of nitrogens with one attached hydrogen (secondary N) is 2. The molecule has 1 aromatic heterocycles. The second kappa shape index (κ2) is 15.4. The maximum absolute atomic E-state index is 4.23. The van der Waals surface area contributed by atoms with Gasteiger partial charge >= 0.3 is 0 Å². The van der Waals surface area contributed by atoms with Gasteiger partial charge in [0.15, 0.2) is 7.28 Å². The number of para-hydroxylation sites is 1. The summed E-state index contributed by atoms with van der Waals surface area (Å²) in [6, 6.07) is 46.8. The third-order valence-corrected chi connectivity index (χ3v) is 12.9. The van der Waals surface area contributed by atoms with Crippen molar-refractivity contribution in [3.8, 4) is 22.3 Å². The molecule has 290 valence electrons. The van der Waals surface area contributed by atoms with Crippen molar-refractivity contribution >= 4 is 85.0 Å². The summed E-state index contributed by atoms with van der Waals surface area (Å²) >= 11 is 0. The van der Waals surface area contributed by atoms with Crippen LogP contribution >= 0.6 is 0 Å². The highest BCUT2D eigenvalue weighted by atomic mass is 14.9. The second-order valence-corrected chi connectivity index (χ2v) is 16.3. The molecule has 0 amide bonds. The summed E-state index contributed by atoms with van der Waals surface area (Å²) in [6.07, 6.45) is 15.7. The summed E-state index contributed by atoms with van der Waals surface area (Å²) in [5.41, 5.74) is 24.0. The Morgan fingerprint density at radius 3 is 2.27 bits per heavy atom. The van der Waals surface area contributed by atoms with Crippen LogP contribution in [-0.4, -0.2) is 12.3 Å². The standard InChI is InChI=1S/C57H49BN2/c1-6-19-35(4)43(8-3)51-36(5)52(46-28-18-29-47-53-44-26-16-15-24-40(44)30-31-50(53)59-55(46)47)54-57-45(51)27-17-25-41(38-20-11-9-12-21-38)32-37(7-2)48-33-42(39-22-13-10-14-23-39)34-49(58-54)56(48)60-57/h6-7,9-24,26-34,58-60H,8,25H2,1-5H3/b19-6-,27-17?,37-7+,41-32+,43-35+. The van der Waals surface area contributed by atoms with E-state index in [1.165, 1.54) is 127 Å². The fraction of sp³-hybridized carbons (Fsp3) is 0.123. The molecule has 0 radical (unpaired) electrons. The van der Waals surface area contributed by atoms with Crippen molar-refractivity contribution in [3.05, 3.63) is 191 Å². The van der Waals surface area contributed by atoms with Crippen molar-refractivity contribution < 1.29 is 0 Å². The fourth-order valence-corrected chi connectivity index (χ4v) is 10.2. The van der Waals surface area contributed by atoms with E-state index >= 15 is 0 Å². The minimum atomic E-state index is 0.799. The van der Waals surface area contributed by atoms with Crippen LogP contribution in [0, 0.1) is 6.92 Å². The number of hydrogen-bond donors (Lipinski definition) is 2. The number of H-pyrrole nitrogens is 1. The Morgan fingerprint density at radius 2 is 1.50 bits per heavy atom. The first-order valence-corrected chi connectivity index (χ1v) is 21.5. The second-order valence-electron chi connectivity index (χ2n) is 16.3. The Balaban J connectivity index is 1.33. The zero-order valence-electron chi connectivity index (χ0n) is 35.2. The van der Waals surface area contributed by atoms with Crippen molar-refractivity contribution in [2.75, 3.05) is 5.32 Å². The first-order chi connectivity index (χ1) is 29.5. The largest absolute Gasteiger partial charge is 0.355 e. The van der Waals surface area contributed by atoms with Crippen LogP contribution in [0.15, 0.2) is 163 Å². The summed E-state index contributed by atoms with van der Waals surface area (Å²) in [4.78, 5) is 3.96.